The van der Waals surface area contributed by atoms with Crippen LogP contribution in [0.25, 0.3) is 0 Å². The molecule has 8 nitrogen and oxygen atoms in total. The lowest BCUT2D eigenvalue weighted by atomic mass is 9.45. The van der Waals surface area contributed by atoms with E-state index < -0.39 is 38.4 Å². The molecule has 0 aliphatic heterocycles. The quantitative estimate of drug-likeness (QED) is 0.242. The Labute approximate surface area is 229 Å². The van der Waals surface area contributed by atoms with Gasteiger partial charge in [0.1, 0.15) is 12.2 Å². The van der Waals surface area contributed by atoms with Crippen molar-refractivity contribution in [3.05, 3.63) is 23.3 Å². The molecule has 4 rings (SSSR count). The zero-order chi connectivity index (χ0) is 28.3. The first kappa shape index (κ1) is 30.2. The van der Waals surface area contributed by atoms with Crippen molar-refractivity contribution in [3.8, 4) is 0 Å². The molecule has 1 unspecified atom stereocenters. The summed E-state index contributed by atoms with van der Waals surface area (Å²) in [6.45, 7) is 14.0. The van der Waals surface area contributed by atoms with Crippen LogP contribution in [-0.4, -0.2) is 38.1 Å². The monoisotopic (exact) mass is 574 g/mol. The molecular formula is C28H46O8S2. The number of hydrogen-bond acceptors (Lipinski definition) is 6. The van der Waals surface area contributed by atoms with Gasteiger partial charge in [0.2, 0.25) is 0 Å². The van der Waals surface area contributed by atoms with Crippen LogP contribution < -0.4 is 0 Å². The van der Waals surface area contributed by atoms with E-state index in [0.29, 0.717) is 11.8 Å². The van der Waals surface area contributed by atoms with Crippen LogP contribution in [0.1, 0.15) is 99.3 Å². The molecule has 2 N–H and O–H groups in total. The third-order valence-electron chi connectivity index (χ3n) is 11.0. The fraction of sp³-hybridized carbons (Fsp3) is 0.857. The van der Waals surface area contributed by atoms with Crippen LogP contribution in [0.2, 0.25) is 0 Å². The lowest BCUT2D eigenvalue weighted by molar-refractivity contribution is -0.0295. The standard InChI is InChI=1S/C28H46O8S2/c1-18(2)8-7-9-19(3)21-12-14-28(6)23-11-10-20-16-24(35-37(29,30)31)25(36-38(32,33)34)17-26(20,4)22(23)13-15-27(21,28)5/h10,13,18-19,21,23-25H,7-9,11-12,14-17H2,1-6H3,(H,29,30,31)(H,32,33,34)/t19-,21-,23?,24+,25+,26+,27-,28+/m1/s1. The lowest BCUT2D eigenvalue weighted by Crippen LogP contribution is -2.53. The van der Waals surface area contributed by atoms with Crippen molar-refractivity contribution in [2.24, 2.45) is 39.9 Å². The maximum Gasteiger partial charge on any atom is 0.397 e. The minimum Gasteiger partial charge on any atom is -0.264 e. The molecule has 0 heterocycles. The van der Waals surface area contributed by atoms with Gasteiger partial charge in [0.15, 0.2) is 0 Å². The first-order chi connectivity index (χ1) is 17.4. The Kier molecular flexibility index (Phi) is 8.14. The molecule has 10 heteroatoms. The Morgan fingerprint density at radius 3 is 2.18 bits per heavy atom. The van der Waals surface area contributed by atoms with Crippen LogP contribution in [0.15, 0.2) is 23.3 Å². The minimum absolute atomic E-state index is 0.0836. The van der Waals surface area contributed by atoms with Gasteiger partial charge in [-0.05, 0) is 73.0 Å². The van der Waals surface area contributed by atoms with Crippen LogP contribution in [0, 0.1) is 39.9 Å². The van der Waals surface area contributed by atoms with Gasteiger partial charge < -0.3 is 0 Å². The largest absolute Gasteiger partial charge is 0.397 e. The van der Waals surface area contributed by atoms with E-state index in [4.69, 9.17) is 8.37 Å². The summed E-state index contributed by atoms with van der Waals surface area (Å²) in [4.78, 5) is 0. The zero-order valence-electron chi connectivity index (χ0n) is 23.6. The Hall–Kier alpha value is -0.780. The molecule has 0 bridgehead atoms. The Morgan fingerprint density at radius 1 is 0.947 bits per heavy atom. The summed E-state index contributed by atoms with van der Waals surface area (Å²) in [5.41, 5.74) is 1.92. The summed E-state index contributed by atoms with van der Waals surface area (Å²) >= 11 is 0. The van der Waals surface area contributed by atoms with Gasteiger partial charge in [0.25, 0.3) is 0 Å². The second-order valence-electron chi connectivity index (χ2n) is 13.5. The first-order valence-corrected chi connectivity index (χ1v) is 16.8. The number of allylic oxidation sites excluding steroid dienone is 3. The van der Waals surface area contributed by atoms with E-state index in [0.717, 1.165) is 30.8 Å². The van der Waals surface area contributed by atoms with Crippen LogP contribution in [-0.2, 0) is 29.2 Å². The molecule has 8 atom stereocenters. The number of fused-ring (bicyclic) bond motifs is 5. The molecule has 4 aliphatic carbocycles. The van der Waals surface area contributed by atoms with Crippen molar-refractivity contribution in [3.63, 3.8) is 0 Å². The van der Waals surface area contributed by atoms with Gasteiger partial charge in [-0.25, -0.2) is 8.37 Å². The average molecular weight is 575 g/mol. The Bertz CT molecular complexity index is 1190. The molecule has 0 spiro atoms. The highest BCUT2D eigenvalue weighted by Gasteiger charge is 2.63. The summed E-state index contributed by atoms with van der Waals surface area (Å²) in [5.74, 6) is 2.31. The predicted octanol–water partition coefficient (Wildman–Crippen LogP) is 6.32. The van der Waals surface area contributed by atoms with Gasteiger partial charge in [0.05, 0.1) is 0 Å². The van der Waals surface area contributed by atoms with Gasteiger partial charge in [-0.1, -0.05) is 84.1 Å². The molecule has 0 saturated heterocycles. The predicted molar refractivity (Wildman–Crippen MR) is 146 cm³/mol. The SMILES string of the molecule is CC(C)CCC[C@@H](C)[C@H]1CC[C@@]2(C)C3CC=C4C[C@H](OS(=O)(=O)O)[C@@H](OS(=O)(=O)O)C[C@]4(C)C3=CC[C@]12C. The minimum atomic E-state index is -4.87. The highest BCUT2D eigenvalue weighted by Crippen LogP contribution is 2.71. The van der Waals surface area contributed by atoms with E-state index in [1.54, 1.807) is 0 Å². The fourth-order valence-corrected chi connectivity index (χ4v) is 9.83. The van der Waals surface area contributed by atoms with Crippen LogP contribution >= 0.6 is 0 Å². The van der Waals surface area contributed by atoms with Gasteiger partial charge in [-0.15, -0.1) is 0 Å². The second-order valence-corrected chi connectivity index (χ2v) is 15.6. The van der Waals surface area contributed by atoms with Gasteiger partial charge in [-0.3, -0.25) is 9.11 Å². The summed E-state index contributed by atoms with van der Waals surface area (Å²) in [5, 5.41) is 0. The molecule has 4 aliphatic rings. The van der Waals surface area contributed by atoms with E-state index in [1.807, 2.05) is 0 Å². The van der Waals surface area contributed by atoms with Crippen molar-refractivity contribution < 1.29 is 34.3 Å². The van der Waals surface area contributed by atoms with Gasteiger partial charge >= 0.3 is 20.8 Å². The Balaban J connectivity index is 1.64. The van der Waals surface area contributed by atoms with Gasteiger partial charge in [0, 0.05) is 5.41 Å². The second kappa shape index (κ2) is 10.2. The topological polar surface area (TPSA) is 127 Å². The van der Waals surface area contributed by atoms with Crippen LogP contribution in [0.4, 0.5) is 0 Å². The number of rotatable bonds is 9. The molecule has 218 valence electrons. The fourth-order valence-electron chi connectivity index (χ4n) is 8.82. The molecule has 0 aromatic rings. The third-order valence-corrected chi connectivity index (χ3v) is 12.0. The molecule has 2 fully saturated rings. The smallest absolute Gasteiger partial charge is 0.264 e. The first-order valence-electron chi connectivity index (χ1n) is 14.1. The van der Waals surface area contributed by atoms with Crippen LogP contribution in [0.3, 0.4) is 0 Å². The molecular weight excluding hydrogens is 528 g/mol. The van der Waals surface area contributed by atoms with Crippen molar-refractivity contribution in [1.29, 1.82) is 0 Å². The summed E-state index contributed by atoms with van der Waals surface area (Å²) in [6, 6.07) is 0. The lowest BCUT2D eigenvalue weighted by Gasteiger charge is -2.59. The van der Waals surface area contributed by atoms with Gasteiger partial charge in [-0.2, -0.15) is 16.8 Å². The van der Waals surface area contributed by atoms with Crippen molar-refractivity contribution in [1.82, 2.24) is 0 Å². The molecule has 0 amide bonds. The maximum atomic E-state index is 11.6. The highest BCUT2D eigenvalue weighted by atomic mass is 32.3. The van der Waals surface area contributed by atoms with Crippen molar-refractivity contribution >= 4 is 20.8 Å². The van der Waals surface area contributed by atoms with Crippen LogP contribution in [0.5, 0.6) is 0 Å². The molecule has 0 aromatic heterocycles. The van der Waals surface area contributed by atoms with Crippen molar-refractivity contribution in [2.75, 3.05) is 0 Å². The zero-order valence-corrected chi connectivity index (χ0v) is 25.3. The van der Waals surface area contributed by atoms with E-state index in [2.05, 4.69) is 53.7 Å². The molecule has 0 radical (unpaired) electrons. The normalized spacial score (nSPS) is 40.1. The Morgan fingerprint density at radius 2 is 1.58 bits per heavy atom. The molecule has 2 saturated carbocycles. The maximum absolute atomic E-state index is 11.6. The van der Waals surface area contributed by atoms with E-state index >= 15 is 0 Å². The molecule has 38 heavy (non-hydrogen) atoms. The summed E-state index contributed by atoms with van der Waals surface area (Å²) in [6.07, 6.45) is 10.2. The highest BCUT2D eigenvalue weighted by molar-refractivity contribution is 7.81. The summed E-state index contributed by atoms with van der Waals surface area (Å²) < 4.78 is 74.8. The van der Waals surface area contributed by atoms with E-state index in [1.165, 1.54) is 31.3 Å². The summed E-state index contributed by atoms with van der Waals surface area (Å²) in [7, 11) is -9.71. The van der Waals surface area contributed by atoms with E-state index in [9.17, 15) is 25.9 Å². The average Bonchev–Trinajstić information content (AvgIpc) is 3.03. The third kappa shape index (κ3) is 5.55. The molecule has 0 aromatic carbocycles. The van der Waals surface area contributed by atoms with E-state index in [-0.39, 0.29) is 29.6 Å². The van der Waals surface area contributed by atoms with Crippen molar-refractivity contribution in [2.45, 2.75) is 112 Å². The number of hydrogen-bond donors (Lipinski definition) is 2.